The Morgan fingerprint density at radius 3 is 2.07 bits per heavy atom. The summed E-state index contributed by atoms with van der Waals surface area (Å²) in [6.45, 7) is 8.87. The molecule has 0 saturated carbocycles. The molecule has 0 bridgehead atoms. The topological polar surface area (TPSA) is 66.9 Å². The maximum atomic E-state index is 13.4. The fraction of sp³-hybridized carbons (Fsp3) is 0.409. The summed E-state index contributed by atoms with van der Waals surface area (Å²) in [6, 6.07) is 9.03. The first-order chi connectivity index (χ1) is 13.7. The van der Waals surface area contributed by atoms with Crippen molar-refractivity contribution >= 4 is 15.9 Å². The Kier molecular flexibility index (Phi) is 6.00. The average molecular weight is 417 g/mol. The second-order valence-corrected chi connectivity index (χ2v) is 9.39. The van der Waals surface area contributed by atoms with Crippen LogP contribution in [0.3, 0.4) is 0 Å². The number of hydrogen-bond donors (Lipinski definition) is 0. The number of carbonyl (C=O) groups excluding carboxylic acids is 1. The SMILES string of the molecule is COc1cccc(C(=O)N2CCN(S(=O)(=O)c3c(C)c(C)cc(C)c3C)CC2)c1. The third-order valence-corrected chi connectivity index (χ3v) is 7.91. The van der Waals surface area contributed by atoms with Gasteiger partial charge in [0.2, 0.25) is 10.0 Å². The first-order valence-corrected chi connectivity index (χ1v) is 11.1. The second-order valence-electron chi connectivity index (χ2n) is 7.52. The van der Waals surface area contributed by atoms with Crippen LogP contribution in [0.25, 0.3) is 0 Å². The molecule has 0 N–H and O–H groups in total. The van der Waals surface area contributed by atoms with E-state index in [9.17, 15) is 13.2 Å². The normalized spacial score (nSPS) is 15.4. The Morgan fingerprint density at radius 2 is 1.52 bits per heavy atom. The van der Waals surface area contributed by atoms with Gasteiger partial charge in [0, 0.05) is 31.7 Å². The molecule has 0 aliphatic carbocycles. The number of rotatable bonds is 4. The average Bonchev–Trinajstić information content (AvgIpc) is 2.72. The largest absolute Gasteiger partial charge is 0.497 e. The van der Waals surface area contributed by atoms with Crippen molar-refractivity contribution in [2.24, 2.45) is 0 Å². The summed E-state index contributed by atoms with van der Waals surface area (Å²) in [7, 11) is -2.06. The molecule has 1 aliphatic heterocycles. The molecular weight excluding hydrogens is 388 g/mol. The maximum absolute atomic E-state index is 13.4. The summed E-state index contributed by atoms with van der Waals surface area (Å²) in [4.78, 5) is 14.9. The first kappa shape index (κ1) is 21.3. The van der Waals surface area contributed by atoms with Crippen LogP contribution in [0.1, 0.15) is 32.6 Å². The summed E-state index contributed by atoms with van der Waals surface area (Å²) in [5.74, 6) is 0.512. The Morgan fingerprint density at radius 1 is 0.931 bits per heavy atom. The smallest absolute Gasteiger partial charge is 0.254 e. The molecule has 2 aromatic rings. The minimum absolute atomic E-state index is 0.111. The zero-order valence-electron chi connectivity index (χ0n) is 17.7. The monoisotopic (exact) mass is 416 g/mol. The van der Waals surface area contributed by atoms with Crippen LogP contribution in [-0.4, -0.2) is 56.8 Å². The van der Waals surface area contributed by atoms with Crippen molar-refractivity contribution in [3.8, 4) is 5.75 Å². The number of methoxy groups -OCH3 is 1. The van der Waals surface area contributed by atoms with Gasteiger partial charge in [0.05, 0.1) is 12.0 Å². The fourth-order valence-electron chi connectivity index (χ4n) is 3.77. The minimum atomic E-state index is -3.62. The summed E-state index contributed by atoms with van der Waals surface area (Å²) in [5, 5.41) is 0. The molecule has 1 fully saturated rings. The van der Waals surface area contributed by atoms with E-state index in [1.54, 1.807) is 36.3 Å². The van der Waals surface area contributed by atoms with Crippen LogP contribution in [-0.2, 0) is 10.0 Å². The molecule has 2 aromatic carbocycles. The number of piperazine rings is 1. The lowest BCUT2D eigenvalue weighted by Crippen LogP contribution is -2.50. The Labute approximate surface area is 173 Å². The van der Waals surface area contributed by atoms with Crippen LogP contribution in [0.5, 0.6) is 5.75 Å². The third kappa shape index (κ3) is 4.02. The van der Waals surface area contributed by atoms with Crippen LogP contribution in [0, 0.1) is 27.7 Å². The Balaban J connectivity index is 1.79. The van der Waals surface area contributed by atoms with Crippen LogP contribution < -0.4 is 4.74 Å². The van der Waals surface area contributed by atoms with Crippen molar-refractivity contribution in [1.29, 1.82) is 0 Å². The number of amides is 1. The molecule has 156 valence electrons. The van der Waals surface area contributed by atoms with Crippen molar-refractivity contribution in [2.45, 2.75) is 32.6 Å². The molecule has 1 saturated heterocycles. The van der Waals surface area contributed by atoms with Gasteiger partial charge < -0.3 is 9.64 Å². The van der Waals surface area contributed by atoms with Gasteiger partial charge >= 0.3 is 0 Å². The van der Waals surface area contributed by atoms with E-state index in [0.717, 1.165) is 22.3 Å². The molecule has 3 rings (SSSR count). The van der Waals surface area contributed by atoms with Crippen LogP contribution in [0.15, 0.2) is 35.2 Å². The molecule has 1 heterocycles. The number of benzene rings is 2. The Hall–Kier alpha value is -2.38. The van der Waals surface area contributed by atoms with Crippen molar-refractivity contribution in [1.82, 2.24) is 9.21 Å². The van der Waals surface area contributed by atoms with Crippen molar-refractivity contribution < 1.29 is 17.9 Å². The molecule has 7 heteroatoms. The molecule has 1 amide bonds. The second kappa shape index (κ2) is 8.16. The minimum Gasteiger partial charge on any atom is -0.497 e. The molecule has 1 aliphatic rings. The zero-order valence-corrected chi connectivity index (χ0v) is 18.5. The predicted molar refractivity (Wildman–Crippen MR) is 113 cm³/mol. The van der Waals surface area contributed by atoms with E-state index in [2.05, 4.69) is 0 Å². The van der Waals surface area contributed by atoms with E-state index in [-0.39, 0.29) is 19.0 Å². The highest BCUT2D eigenvalue weighted by Gasteiger charge is 2.33. The van der Waals surface area contributed by atoms with E-state index in [4.69, 9.17) is 4.74 Å². The lowest BCUT2D eigenvalue weighted by atomic mass is 10.0. The quantitative estimate of drug-likeness (QED) is 0.768. The number of sulfonamides is 1. The first-order valence-electron chi connectivity index (χ1n) is 9.67. The summed E-state index contributed by atoms with van der Waals surface area (Å²) >= 11 is 0. The van der Waals surface area contributed by atoms with Crippen molar-refractivity contribution in [3.05, 3.63) is 58.1 Å². The molecule has 0 unspecified atom stereocenters. The number of nitrogens with zero attached hydrogens (tertiary/aromatic N) is 2. The highest BCUT2D eigenvalue weighted by molar-refractivity contribution is 7.89. The number of carbonyl (C=O) groups is 1. The maximum Gasteiger partial charge on any atom is 0.254 e. The highest BCUT2D eigenvalue weighted by atomic mass is 32.2. The number of hydrogen-bond acceptors (Lipinski definition) is 4. The van der Waals surface area contributed by atoms with E-state index in [1.807, 2.05) is 33.8 Å². The standard InChI is InChI=1S/C22H28N2O4S/c1-15-13-16(2)18(4)21(17(15)3)29(26,27)24-11-9-23(10-12-24)22(25)19-7-6-8-20(14-19)28-5/h6-8,13-14H,9-12H2,1-5H3. The van der Waals surface area contributed by atoms with Gasteiger partial charge in [-0.05, 0) is 68.1 Å². The summed E-state index contributed by atoms with van der Waals surface area (Å²) in [6.07, 6.45) is 0. The van der Waals surface area contributed by atoms with Gasteiger partial charge in [-0.2, -0.15) is 4.31 Å². The van der Waals surface area contributed by atoms with Crippen molar-refractivity contribution in [2.75, 3.05) is 33.3 Å². The van der Waals surface area contributed by atoms with E-state index in [1.165, 1.54) is 4.31 Å². The van der Waals surface area contributed by atoms with Crippen LogP contribution >= 0.6 is 0 Å². The molecule has 29 heavy (non-hydrogen) atoms. The molecular formula is C22H28N2O4S. The number of ether oxygens (including phenoxy) is 1. The molecule has 0 spiro atoms. The fourth-order valence-corrected chi connectivity index (χ4v) is 5.76. The lowest BCUT2D eigenvalue weighted by Gasteiger charge is -2.35. The van der Waals surface area contributed by atoms with E-state index < -0.39 is 10.0 Å². The van der Waals surface area contributed by atoms with Gasteiger partial charge in [-0.15, -0.1) is 0 Å². The van der Waals surface area contributed by atoms with Crippen LogP contribution in [0.2, 0.25) is 0 Å². The lowest BCUT2D eigenvalue weighted by molar-refractivity contribution is 0.0697. The van der Waals surface area contributed by atoms with E-state index in [0.29, 0.717) is 29.3 Å². The van der Waals surface area contributed by atoms with Gasteiger partial charge in [0.1, 0.15) is 5.75 Å². The molecule has 6 nitrogen and oxygen atoms in total. The van der Waals surface area contributed by atoms with E-state index >= 15 is 0 Å². The summed E-state index contributed by atoms with van der Waals surface area (Å²) < 4.78 is 33.4. The van der Waals surface area contributed by atoms with Gasteiger partial charge in [0.25, 0.3) is 5.91 Å². The van der Waals surface area contributed by atoms with Gasteiger partial charge in [-0.3, -0.25) is 4.79 Å². The molecule has 0 aromatic heterocycles. The molecule has 0 radical (unpaired) electrons. The molecule has 0 atom stereocenters. The van der Waals surface area contributed by atoms with Gasteiger partial charge in [0.15, 0.2) is 0 Å². The van der Waals surface area contributed by atoms with Crippen LogP contribution in [0.4, 0.5) is 0 Å². The van der Waals surface area contributed by atoms with Gasteiger partial charge in [-0.25, -0.2) is 8.42 Å². The van der Waals surface area contributed by atoms with Crippen molar-refractivity contribution in [3.63, 3.8) is 0 Å². The van der Waals surface area contributed by atoms with Gasteiger partial charge in [-0.1, -0.05) is 12.1 Å². The summed E-state index contributed by atoms with van der Waals surface area (Å²) in [5.41, 5.74) is 4.07. The zero-order chi connectivity index (χ0) is 21.3. The third-order valence-electron chi connectivity index (χ3n) is 5.74. The highest BCUT2D eigenvalue weighted by Crippen LogP contribution is 2.29. The Bertz CT molecular complexity index is 1010. The number of aryl methyl sites for hydroxylation is 2. The predicted octanol–water partition coefficient (Wildman–Crippen LogP) is 3.08.